The van der Waals surface area contributed by atoms with Crippen LogP contribution in [0.3, 0.4) is 0 Å². The van der Waals surface area contributed by atoms with E-state index in [-0.39, 0.29) is 47.6 Å². The molecule has 1 aliphatic carbocycles. The topological polar surface area (TPSA) is 93.9 Å². The van der Waals surface area contributed by atoms with Crippen molar-refractivity contribution in [3.63, 3.8) is 0 Å². The molecule has 0 saturated heterocycles. The molecule has 0 radical (unpaired) electrons. The number of aromatic nitrogens is 2. The van der Waals surface area contributed by atoms with Gasteiger partial charge in [0.25, 0.3) is 0 Å². The minimum Gasteiger partial charge on any atom is -0.396 e. The predicted molar refractivity (Wildman–Crippen MR) is 102 cm³/mol. The standard InChI is InChI=1S/C20H22F3N5O/c1-19(2)14(11-29)7-16(19)27-17-13(8-24)10-26-18(28-17)25-9-12-5-3-4-6-15(12)20(21,22)23/h3-6,10,14,16,29H,7,9,11H2,1-2H3,(H2,25,26,27,28)/t14-,16+/m0/s1. The minimum atomic E-state index is -4.45. The monoisotopic (exact) mass is 405 g/mol. The predicted octanol–water partition coefficient (Wildman–Crippen LogP) is 3.80. The van der Waals surface area contributed by atoms with Crippen molar-refractivity contribution in [2.24, 2.45) is 11.3 Å². The second-order valence-electron chi connectivity index (χ2n) is 7.71. The Balaban J connectivity index is 1.76. The quantitative estimate of drug-likeness (QED) is 0.677. The highest BCUT2D eigenvalue weighted by Crippen LogP contribution is 2.47. The highest BCUT2D eigenvalue weighted by atomic mass is 19.4. The molecule has 0 unspecified atom stereocenters. The van der Waals surface area contributed by atoms with E-state index in [0.29, 0.717) is 5.82 Å². The van der Waals surface area contributed by atoms with E-state index < -0.39 is 11.7 Å². The van der Waals surface area contributed by atoms with Crippen molar-refractivity contribution >= 4 is 11.8 Å². The van der Waals surface area contributed by atoms with Crippen LogP contribution < -0.4 is 10.6 Å². The summed E-state index contributed by atoms with van der Waals surface area (Å²) >= 11 is 0. The maximum absolute atomic E-state index is 13.1. The first-order valence-electron chi connectivity index (χ1n) is 9.20. The van der Waals surface area contributed by atoms with Crippen LogP contribution in [0.25, 0.3) is 0 Å². The van der Waals surface area contributed by atoms with E-state index in [1.165, 1.54) is 24.4 Å². The fraction of sp³-hybridized carbons (Fsp3) is 0.450. The third kappa shape index (κ3) is 4.27. The Bertz CT molecular complexity index is 923. The molecule has 9 heteroatoms. The van der Waals surface area contributed by atoms with E-state index in [1.807, 2.05) is 19.9 Å². The molecule has 2 atom stereocenters. The molecule has 1 aromatic carbocycles. The first-order valence-corrected chi connectivity index (χ1v) is 9.20. The summed E-state index contributed by atoms with van der Waals surface area (Å²) in [4.78, 5) is 8.32. The summed E-state index contributed by atoms with van der Waals surface area (Å²) in [5, 5.41) is 24.8. The van der Waals surface area contributed by atoms with Crippen LogP contribution in [0.1, 0.15) is 37.0 Å². The van der Waals surface area contributed by atoms with E-state index in [1.54, 1.807) is 0 Å². The van der Waals surface area contributed by atoms with Gasteiger partial charge in [0.1, 0.15) is 17.5 Å². The molecule has 1 aromatic heterocycles. The SMILES string of the molecule is CC1(C)[C@H](CO)C[C@H]1Nc1nc(NCc2ccccc2C(F)(F)F)ncc1C#N. The van der Waals surface area contributed by atoms with Crippen molar-refractivity contribution in [2.75, 3.05) is 17.2 Å². The second-order valence-corrected chi connectivity index (χ2v) is 7.71. The molecule has 1 heterocycles. The number of benzene rings is 1. The zero-order valence-electron chi connectivity index (χ0n) is 16.1. The Kier molecular flexibility index (Phi) is 5.66. The maximum atomic E-state index is 13.1. The van der Waals surface area contributed by atoms with Gasteiger partial charge in [0.2, 0.25) is 5.95 Å². The number of hydrogen-bond donors (Lipinski definition) is 3. The molecule has 29 heavy (non-hydrogen) atoms. The summed E-state index contributed by atoms with van der Waals surface area (Å²) in [6.45, 7) is 4.03. The highest BCUT2D eigenvalue weighted by Gasteiger charge is 2.47. The average Bonchev–Trinajstić information content (AvgIpc) is 2.68. The lowest BCUT2D eigenvalue weighted by atomic mass is 9.59. The number of aliphatic hydroxyl groups is 1. The molecule has 1 fully saturated rings. The Morgan fingerprint density at radius 1 is 1.31 bits per heavy atom. The first-order chi connectivity index (χ1) is 13.7. The Morgan fingerprint density at radius 2 is 2.03 bits per heavy atom. The molecule has 1 saturated carbocycles. The summed E-state index contributed by atoms with van der Waals surface area (Å²) in [6.07, 6.45) is -2.38. The van der Waals surface area contributed by atoms with Crippen molar-refractivity contribution in [1.82, 2.24) is 9.97 Å². The van der Waals surface area contributed by atoms with Gasteiger partial charge in [0.15, 0.2) is 0 Å². The van der Waals surface area contributed by atoms with Gasteiger partial charge in [-0.3, -0.25) is 0 Å². The third-order valence-electron chi connectivity index (χ3n) is 5.67. The summed E-state index contributed by atoms with van der Waals surface area (Å²) in [6, 6.07) is 7.33. The molecular weight excluding hydrogens is 383 g/mol. The fourth-order valence-electron chi connectivity index (χ4n) is 3.52. The summed E-state index contributed by atoms with van der Waals surface area (Å²) in [7, 11) is 0. The Hall–Kier alpha value is -2.86. The number of nitrogens with one attached hydrogen (secondary N) is 2. The number of halogens is 3. The molecule has 3 N–H and O–H groups in total. The van der Waals surface area contributed by atoms with Gasteiger partial charge in [-0.2, -0.15) is 23.4 Å². The van der Waals surface area contributed by atoms with Crippen LogP contribution in [0.4, 0.5) is 24.9 Å². The van der Waals surface area contributed by atoms with Crippen LogP contribution in [0.15, 0.2) is 30.5 Å². The number of hydrogen-bond acceptors (Lipinski definition) is 6. The van der Waals surface area contributed by atoms with Crippen LogP contribution in [-0.4, -0.2) is 27.7 Å². The lowest BCUT2D eigenvalue weighted by Crippen LogP contribution is -2.54. The lowest BCUT2D eigenvalue weighted by Gasteiger charge is -2.52. The largest absolute Gasteiger partial charge is 0.416 e. The average molecular weight is 405 g/mol. The lowest BCUT2D eigenvalue weighted by molar-refractivity contribution is -0.138. The number of aliphatic hydroxyl groups excluding tert-OH is 1. The van der Waals surface area contributed by atoms with E-state index in [2.05, 4.69) is 20.6 Å². The maximum Gasteiger partial charge on any atom is 0.416 e. The van der Waals surface area contributed by atoms with Crippen molar-refractivity contribution in [3.05, 3.63) is 47.2 Å². The fourth-order valence-corrected chi connectivity index (χ4v) is 3.52. The van der Waals surface area contributed by atoms with Crippen LogP contribution in [0.5, 0.6) is 0 Å². The molecule has 3 rings (SSSR count). The zero-order valence-corrected chi connectivity index (χ0v) is 16.1. The van der Waals surface area contributed by atoms with Crippen LogP contribution in [-0.2, 0) is 12.7 Å². The van der Waals surface area contributed by atoms with Crippen molar-refractivity contribution in [1.29, 1.82) is 5.26 Å². The van der Waals surface area contributed by atoms with Gasteiger partial charge in [-0.25, -0.2) is 4.98 Å². The summed E-state index contributed by atoms with van der Waals surface area (Å²) in [5.74, 6) is 0.603. The first kappa shape index (κ1) is 20.9. The molecule has 0 aliphatic heterocycles. The van der Waals surface area contributed by atoms with Gasteiger partial charge < -0.3 is 15.7 Å². The van der Waals surface area contributed by atoms with Crippen molar-refractivity contribution in [3.8, 4) is 6.07 Å². The zero-order chi connectivity index (χ0) is 21.2. The molecule has 0 spiro atoms. The van der Waals surface area contributed by atoms with Crippen LogP contribution >= 0.6 is 0 Å². The van der Waals surface area contributed by atoms with E-state index in [9.17, 15) is 23.5 Å². The normalized spacial score (nSPS) is 20.4. The van der Waals surface area contributed by atoms with Gasteiger partial charge in [-0.15, -0.1) is 0 Å². The Labute approximate surface area is 166 Å². The smallest absolute Gasteiger partial charge is 0.396 e. The van der Waals surface area contributed by atoms with Crippen LogP contribution in [0, 0.1) is 22.7 Å². The van der Waals surface area contributed by atoms with Gasteiger partial charge in [-0.05, 0) is 29.4 Å². The number of anilines is 2. The minimum absolute atomic E-state index is 0.0143. The molecule has 0 amide bonds. The Morgan fingerprint density at radius 3 is 2.66 bits per heavy atom. The molecule has 0 bridgehead atoms. The molecule has 2 aromatic rings. The van der Waals surface area contributed by atoms with Gasteiger partial charge in [0.05, 0.1) is 11.8 Å². The van der Waals surface area contributed by atoms with Gasteiger partial charge >= 0.3 is 6.18 Å². The molecule has 6 nitrogen and oxygen atoms in total. The van der Waals surface area contributed by atoms with Crippen molar-refractivity contribution in [2.45, 2.75) is 39.0 Å². The number of nitrogens with zero attached hydrogens (tertiary/aromatic N) is 3. The third-order valence-corrected chi connectivity index (χ3v) is 5.67. The summed E-state index contributed by atoms with van der Waals surface area (Å²) in [5.41, 5.74) is -0.570. The second kappa shape index (κ2) is 7.87. The molecule has 1 aliphatic rings. The number of nitriles is 1. The van der Waals surface area contributed by atoms with E-state index in [0.717, 1.165) is 12.5 Å². The van der Waals surface area contributed by atoms with Crippen molar-refractivity contribution < 1.29 is 18.3 Å². The number of rotatable bonds is 6. The van der Waals surface area contributed by atoms with Gasteiger partial charge in [0, 0.05) is 19.2 Å². The highest BCUT2D eigenvalue weighted by molar-refractivity contribution is 5.54. The summed E-state index contributed by atoms with van der Waals surface area (Å²) < 4.78 is 39.4. The van der Waals surface area contributed by atoms with Crippen LogP contribution in [0.2, 0.25) is 0 Å². The van der Waals surface area contributed by atoms with E-state index in [4.69, 9.17) is 0 Å². The number of alkyl halides is 3. The molecule has 154 valence electrons. The van der Waals surface area contributed by atoms with E-state index >= 15 is 0 Å². The molecular formula is C20H22F3N5O. The van der Waals surface area contributed by atoms with Gasteiger partial charge in [-0.1, -0.05) is 32.0 Å².